The number of aryl methyl sites for hydroxylation is 1. The predicted molar refractivity (Wildman–Crippen MR) is 74.3 cm³/mol. The van der Waals surface area contributed by atoms with Gasteiger partial charge in [0.1, 0.15) is 0 Å². The van der Waals surface area contributed by atoms with Crippen LogP contribution >= 0.6 is 0 Å². The summed E-state index contributed by atoms with van der Waals surface area (Å²) in [6.45, 7) is 2.15. The van der Waals surface area contributed by atoms with Gasteiger partial charge in [-0.2, -0.15) is 0 Å². The van der Waals surface area contributed by atoms with Crippen molar-refractivity contribution in [2.45, 2.75) is 38.9 Å². The zero-order chi connectivity index (χ0) is 13.4. The Balaban J connectivity index is 2.09. The third-order valence-corrected chi connectivity index (χ3v) is 3.95. The van der Waals surface area contributed by atoms with E-state index in [9.17, 15) is 5.11 Å². The molecule has 1 aliphatic rings. The lowest BCUT2D eigenvalue weighted by Gasteiger charge is -2.20. The molecule has 2 N–H and O–H groups in total. The Morgan fingerprint density at radius 2 is 2.00 bits per heavy atom. The van der Waals surface area contributed by atoms with Crippen molar-refractivity contribution in [3.8, 4) is 5.69 Å². The minimum absolute atomic E-state index is 0.0712. The van der Waals surface area contributed by atoms with Gasteiger partial charge in [-0.05, 0) is 49.9 Å². The Kier molecular flexibility index (Phi) is 3.17. The minimum atomic E-state index is -0.319. The molecule has 0 spiro atoms. The molecule has 2 aromatic rings. The fraction of sp³-hybridized carbons (Fsp3) is 0.375. The number of aliphatic hydroxyl groups is 2. The summed E-state index contributed by atoms with van der Waals surface area (Å²) in [5.41, 5.74) is 5.48. The molecular weight excluding hydrogens is 238 g/mol. The van der Waals surface area contributed by atoms with E-state index in [0.717, 1.165) is 41.8 Å². The van der Waals surface area contributed by atoms with Gasteiger partial charge in [0.2, 0.25) is 0 Å². The number of hydrogen-bond donors (Lipinski definition) is 2. The van der Waals surface area contributed by atoms with Crippen LogP contribution in [0.25, 0.3) is 5.69 Å². The average Bonchev–Trinajstić information content (AvgIpc) is 2.77. The number of aliphatic hydroxyl groups excluding tert-OH is 2. The molecule has 0 bridgehead atoms. The topological polar surface area (TPSA) is 45.4 Å². The number of benzene rings is 1. The molecule has 0 saturated carbocycles. The first-order valence-electron chi connectivity index (χ1n) is 6.80. The van der Waals surface area contributed by atoms with Gasteiger partial charge in [0.05, 0.1) is 12.7 Å². The summed E-state index contributed by atoms with van der Waals surface area (Å²) in [6, 6.07) is 10.0. The molecule has 3 rings (SSSR count). The maximum absolute atomic E-state index is 10.1. The first-order valence-corrected chi connectivity index (χ1v) is 6.80. The Labute approximate surface area is 113 Å². The van der Waals surface area contributed by atoms with E-state index in [0.29, 0.717) is 0 Å². The average molecular weight is 257 g/mol. The van der Waals surface area contributed by atoms with Crippen LogP contribution in [0.15, 0.2) is 30.3 Å². The lowest BCUT2D eigenvalue weighted by atomic mass is 9.95. The second kappa shape index (κ2) is 4.83. The van der Waals surface area contributed by atoms with Crippen LogP contribution < -0.4 is 0 Å². The van der Waals surface area contributed by atoms with Gasteiger partial charge in [-0.3, -0.25) is 0 Å². The van der Waals surface area contributed by atoms with E-state index in [1.165, 1.54) is 5.69 Å². The Morgan fingerprint density at radius 3 is 2.68 bits per heavy atom. The van der Waals surface area contributed by atoms with Crippen molar-refractivity contribution in [1.29, 1.82) is 0 Å². The summed E-state index contributed by atoms with van der Waals surface area (Å²) in [7, 11) is 0. The fourth-order valence-corrected chi connectivity index (χ4v) is 2.99. The highest BCUT2D eigenvalue weighted by Crippen LogP contribution is 2.33. The standard InChI is InChI=1S/C16H19NO2/c1-11-9-14-15(3-2-4-16(14)19)17(11)13-7-5-12(10-18)6-8-13/h5-9,16,18-19H,2-4,10H2,1H3. The van der Waals surface area contributed by atoms with E-state index in [1.807, 2.05) is 24.3 Å². The summed E-state index contributed by atoms with van der Waals surface area (Å²) in [5.74, 6) is 0. The molecule has 0 aliphatic heterocycles. The fourth-order valence-electron chi connectivity index (χ4n) is 2.99. The van der Waals surface area contributed by atoms with E-state index in [4.69, 9.17) is 5.11 Å². The maximum Gasteiger partial charge on any atom is 0.0807 e. The van der Waals surface area contributed by atoms with Gasteiger partial charge in [-0.25, -0.2) is 0 Å². The summed E-state index contributed by atoms with van der Waals surface area (Å²) in [6.07, 6.45) is 2.59. The van der Waals surface area contributed by atoms with Crippen LogP contribution in [0, 0.1) is 6.92 Å². The number of nitrogens with zero attached hydrogens (tertiary/aromatic N) is 1. The lowest BCUT2D eigenvalue weighted by Crippen LogP contribution is -2.11. The van der Waals surface area contributed by atoms with Crippen molar-refractivity contribution in [2.24, 2.45) is 0 Å². The molecule has 1 aromatic heterocycles. The van der Waals surface area contributed by atoms with Gasteiger partial charge >= 0.3 is 0 Å². The Hall–Kier alpha value is -1.58. The molecular formula is C16H19NO2. The highest BCUT2D eigenvalue weighted by molar-refractivity contribution is 5.44. The monoisotopic (exact) mass is 257 g/mol. The van der Waals surface area contributed by atoms with Crippen LogP contribution in [0.4, 0.5) is 0 Å². The number of hydrogen-bond acceptors (Lipinski definition) is 2. The van der Waals surface area contributed by atoms with Crippen molar-refractivity contribution >= 4 is 0 Å². The van der Waals surface area contributed by atoms with Gasteiger partial charge in [-0.1, -0.05) is 12.1 Å². The van der Waals surface area contributed by atoms with Crippen molar-refractivity contribution in [3.63, 3.8) is 0 Å². The molecule has 1 unspecified atom stereocenters. The third-order valence-electron chi connectivity index (χ3n) is 3.95. The summed E-state index contributed by atoms with van der Waals surface area (Å²) in [4.78, 5) is 0. The molecule has 19 heavy (non-hydrogen) atoms. The van der Waals surface area contributed by atoms with E-state index < -0.39 is 0 Å². The molecule has 1 heterocycles. The highest BCUT2D eigenvalue weighted by atomic mass is 16.3. The number of aromatic nitrogens is 1. The molecule has 1 aliphatic carbocycles. The van der Waals surface area contributed by atoms with E-state index in [2.05, 4.69) is 17.6 Å². The predicted octanol–water partition coefficient (Wildman–Crippen LogP) is 2.65. The van der Waals surface area contributed by atoms with Gasteiger partial charge < -0.3 is 14.8 Å². The van der Waals surface area contributed by atoms with Gasteiger partial charge in [0, 0.05) is 22.6 Å². The van der Waals surface area contributed by atoms with E-state index in [-0.39, 0.29) is 12.7 Å². The number of rotatable bonds is 2. The van der Waals surface area contributed by atoms with Crippen LogP contribution in [0.2, 0.25) is 0 Å². The summed E-state index contributed by atoms with van der Waals surface area (Å²) >= 11 is 0. The van der Waals surface area contributed by atoms with Crippen LogP contribution in [0.1, 0.15) is 41.5 Å². The minimum Gasteiger partial charge on any atom is -0.392 e. The van der Waals surface area contributed by atoms with Crippen LogP contribution in [-0.4, -0.2) is 14.8 Å². The van der Waals surface area contributed by atoms with Crippen molar-refractivity contribution < 1.29 is 10.2 Å². The first-order chi connectivity index (χ1) is 9.20. The molecule has 0 saturated heterocycles. The summed E-state index contributed by atoms with van der Waals surface area (Å²) < 4.78 is 2.22. The Morgan fingerprint density at radius 1 is 1.26 bits per heavy atom. The van der Waals surface area contributed by atoms with Gasteiger partial charge in [0.15, 0.2) is 0 Å². The number of fused-ring (bicyclic) bond motifs is 1. The molecule has 1 aromatic carbocycles. The smallest absolute Gasteiger partial charge is 0.0807 e. The SMILES string of the molecule is Cc1cc2c(n1-c1ccc(CO)cc1)CCCC2O. The first kappa shape index (κ1) is 12.5. The molecule has 1 atom stereocenters. The molecule has 0 amide bonds. The van der Waals surface area contributed by atoms with Crippen LogP contribution in [0.5, 0.6) is 0 Å². The zero-order valence-electron chi connectivity index (χ0n) is 11.1. The van der Waals surface area contributed by atoms with Crippen molar-refractivity contribution in [2.75, 3.05) is 0 Å². The molecule has 3 nitrogen and oxygen atoms in total. The van der Waals surface area contributed by atoms with Crippen LogP contribution in [-0.2, 0) is 13.0 Å². The van der Waals surface area contributed by atoms with Crippen molar-refractivity contribution in [3.05, 3.63) is 52.8 Å². The van der Waals surface area contributed by atoms with Gasteiger partial charge in [-0.15, -0.1) is 0 Å². The van der Waals surface area contributed by atoms with Gasteiger partial charge in [0.25, 0.3) is 0 Å². The molecule has 3 heteroatoms. The molecule has 0 radical (unpaired) electrons. The van der Waals surface area contributed by atoms with Crippen LogP contribution in [0.3, 0.4) is 0 Å². The zero-order valence-corrected chi connectivity index (χ0v) is 11.1. The largest absolute Gasteiger partial charge is 0.392 e. The quantitative estimate of drug-likeness (QED) is 0.868. The lowest BCUT2D eigenvalue weighted by molar-refractivity contribution is 0.156. The highest BCUT2D eigenvalue weighted by Gasteiger charge is 2.23. The second-order valence-corrected chi connectivity index (χ2v) is 5.26. The normalized spacial score (nSPS) is 18.4. The Bertz CT molecular complexity index is 584. The summed E-state index contributed by atoms with van der Waals surface area (Å²) in [5, 5.41) is 19.2. The molecule has 0 fully saturated rings. The molecule has 100 valence electrons. The van der Waals surface area contributed by atoms with E-state index >= 15 is 0 Å². The van der Waals surface area contributed by atoms with E-state index in [1.54, 1.807) is 0 Å². The van der Waals surface area contributed by atoms with Crippen molar-refractivity contribution in [1.82, 2.24) is 4.57 Å². The maximum atomic E-state index is 10.1. The second-order valence-electron chi connectivity index (χ2n) is 5.26. The third kappa shape index (κ3) is 2.09.